The van der Waals surface area contributed by atoms with Crippen molar-refractivity contribution in [3.63, 3.8) is 0 Å². The van der Waals surface area contributed by atoms with E-state index in [-0.39, 0.29) is 12.1 Å². The Morgan fingerprint density at radius 1 is 1.29 bits per heavy atom. The third kappa shape index (κ3) is 4.02. The minimum absolute atomic E-state index is 0.120. The molecule has 114 valence electrons. The smallest absolute Gasteiger partial charge is 0.321 e. The number of halogens is 2. The van der Waals surface area contributed by atoms with E-state index in [1.165, 1.54) is 12.8 Å². The Labute approximate surface area is 134 Å². The minimum atomic E-state index is -0.120. The molecule has 0 spiro atoms. The maximum atomic E-state index is 12.2. The summed E-state index contributed by atoms with van der Waals surface area (Å²) in [6, 6.07) is 4.94. The summed E-state index contributed by atoms with van der Waals surface area (Å²) in [6.45, 7) is 2.22. The predicted molar refractivity (Wildman–Crippen MR) is 84.1 cm³/mol. The third-order valence-corrected chi connectivity index (χ3v) is 4.61. The van der Waals surface area contributed by atoms with E-state index >= 15 is 0 Å². The Hall–Kier alpha value is -0.970. The van der Waals surface area contributed by atoms with E-state index in [9.17, 15) is 4.79 Å². The van der Waals surface area contributed by atoms with Gasteiger partial charge in [-0.1, -0.05) is 23.2 Å². The average Bonchev–Trinajstić information content (AvgIpc) is 3.17. The van der Waals surface area contributed by atoms with Crippen molar-refractivity contribution >= 4 is 34.9 Å². The Balaban J connectivity index is 1.49. The van der Waals surface area contributed by atoms with Crippen LogP contribution in [0.1, 0.15) is 19.3 Å². The van der Waals surface area contributed by atoms with Gasteiger partial charge in [-0.25, -0.2) is 4.79 Å². The van der Waals surface area contributed by atoms with Crippen LogP contribution < -0.4 is 5.32 Å². The molecule has 1 aromatic rings. The van der Waals surface area contributed by atoms with E-state index in [0.29, 0.717) is 22.3 Å². The molecule has 1 saturated heterocycles. The van der Waals surface area contributed by atoms with Crippen molar-refractivity contribution < 1.29 is 9.53 Å². The quantitative estimate of drug-likeness (QED) is 0.906. The van der Waals surface area contributed by atoms with Gasteiger partial charge < -0.3 is 15.0 Å². The van der Waals surface area contributed by atoms with E-state index in [1.807, 2.05) is 0 Å². The van der Waals surface area contributed by atoms with Gasteiger partial charge in [0.15, 0.2) is 0 Å². The first-order valence-corrected chi connectivity index (χ1v) is 8.00. The van der Waals surface area contributed by atoms with Crippen LogP contribution in [0, 0.1) is 5.92 Å². The van der Waals surface area contributed by atoms with Crippen molar-refractivity contribution in [3.8, 4) is 0 Å². The van der Waals surface area contributed by atoms with Crippen LogP contribution in [0.5, 0.6) is 0 Å². The summed E-state index contributed by atoms with van der Waals surface area (Å²) in [5.41, 5.74) is 0.650. The maximum Gasteiger partial charge on any atom is 0.321 e. The fourth-order valence-electron chi connectivity index (χ4n) is 2.38. The summed E-state index contributed by atoms with van der Waals surface area (Å²) >= 11 is 11.8. The van der Waals surface area contributed by atoms with Crippen molar-refractivity contribution in [2.24, 2.45) is 5.92 Å². The maximum absolute atomic E-state index is 12.2. The van der Waals surface area contributed by atoms with Gasteiger partial charge in [0.1, 0.15) is 0 Å². The van der Waals surface area contributed by atoms with Gasteiger partial charge in [0.25, 0.3) is 0 Å². The minimum Gasteiger partial charge on any atom is -0.376 e. The Bertz CT molecular complexity index is 534. The number of carbonyl (C=O) groups excluding carboxylic acids is 1. The highest BCUT2D eigenvalue weighted by Gasteiger charge is 2.29. The average molecular weight is 329 g/mol. The molecular weight excluding hydrogens is 311 g/mol. The van der Waals surface area contributed by atoms with E-state index in [2.05, 4.69) is 5.32 Å². The molecule has 1 aliphatic carbocycles. The largest absolute Gasteiger partial charge is 0.376 e. The van der Waals surface area contributed by atoms with Crippen molar-refractivity contribution in [2.45, 2.75) is 25.4 Å². The number of hydrogen-bond acceptors (Lipinski definition) is 2. The first-order valence-electron chi connectivity index (χ1n) is 7.24. The van der Waals surface area contributed by atoms with Crippen molar-refractivity contribution in [1.29, 1.82) is 0 Å². The highest BCUT2D eigenvalue weighted by Crippen LogP contribution is 2.30. The number of urea groups is 1. The van der Waals surface area contributed by atoms with Crippen molar-refractivity contribution in [3.05, 3.63) is 28.2 Å². The molecule has 1 heterocycles. The lowest BCUT2D eigenvalue weighted by Crippen LogP contribution is -2.34. The monoisotopic (exact) mass is 328 g/mol. The van der Waals surface area contributed by atoms with Gasteiger partial charge >= 0.3 is 6.03 Å². The zero-order chi connectivity index (χ0) is 14.8. The molecule has 1 atom stereocenters. The topological polar surface area (TPSA) is 41.6 Å². The second-order valence-electron chi connectivity index (χ2n) is 5.69. The SMILES string of the molecule is O=C(Nc1ccc(Cl)c(Cl)c1)N1CCC(OCC2CC2)C1. The number of ether oxygens (including phenoxy) is 1. The molecule has 1 saturated carbocycles. The Kier molecular flexibility index (Phi) is 4.57. The molecule has 1 unspecified atom stereocenters. The van der Waals surface area contributed by atoms with E-state index < -0.39 is 0 Å². The lowest BCUT2D eigenvalue weighted by Gasteiger charge is -2.17. The van der Waals surface area contributed by atoms with Crippen LogP contribution in [-0.2, 0) is 4.74 Å². The lowest BCUT2D eigenvalue weighted by molar-refractivity contribution is 0.0543. The zero-order valence-electron chi connectivity index (χ0n) is 11.6. The Morgan fingerprint density at radius 3 is 2.81 bits per heavy atom. The molecule has 3 rings (SSSR count). The Morgan fingerprint density at radius 2 is 2.10 bits per heavy atom. The third-order valence-electron chi connectivity index (χ3n) is 3.87. The van der Waals surface area contributed by atoms with Gasteiger partial charge in [0.05, 0.1) is 16.1 Å². The first-order chi connectivity index (χ1) is 10.1. The van der Waals surface area contributed by atoms with Gasteiger partial charge in [-0.15, -0.1) is 0 Å². The van der Waals surface area contributed by atoms with Crippen LogP contribution in [0.2, 0.25) is 10.0 Å². The molecule has 21 heavy (non-hydrogen) atoms. The van der Waals surface area contributed by atoms with Gasteiger partial charge in [-0.3, -0.25) is 0 Å². The summed E-state index contributed by atoms with van der Waals surface area (Å²) in [5.74, 6) is 0.754. The molecule has 4 nitrogen and oxygen atoms in total. The highest BCUT2D eigenvalue weighted by atomic mass is 35.5. The molecule has 6 heteroatoms. The first kappa shape index (κ1) is 14.9. The summed E-state index contributed by atoms with van der Waals surface area (Å²) in [6.07, 6.45) is 3.65. The van der Waals surface area contributed by atoms with Gasteiger partial charge in [0, 0.05) is 25.4 Å². The van der Waals surface area contributed by atoms with Gasteiger partial charge in [-0.05, 0) is 43.4 Å². The molecule has 0 radical (unpaired) electrons. The van der Waals surface area contributed by atoms with E-state index in [0.717, 1.165) is 25.5 Å². The number of carbonyl (C=O) groups is 1. The zero-order valence-corrected chi connectivity index (χ0v) is 13.2. The molecular formula is C15H18Cl2N2O2. The van der Waals surface area contributed by atoms with Crippen LogP contribution in [0.25, 0.3) is 0 Å². The number of hydrogen-bond donors (Lipinski definition) is 1. The van der Waals surface area contributed by atoms with Crippen molar-refractivity contribution in [1.82, 2.24) is 4.90 Å². The molecule has 2 amide bonds. The summed E-state index contributed by atoms with van der Waals surface area (Å²) < 4.78 is 5.83. The molecule has 2 fully saturated rings. The van der Waals surface area contributed by atoms with E-state index in [4.69, 9.17) is 27.9 Å². The number of anilines is 1. The van der Waals surface area contributed by atoms with Gasteiger partial charge in [-0.2, -0.15) is 0 Å². The van der Waals surface area contributed by atoms with E-state index in [1.54, 1.807) is 23.1 Å². The lowest BCUT2D eigenvalue weighted by atomic mass is 10.3. The number of nitrogens with one attached hydrogen (secondary N) is 1. The summed E-state index contributed by atoms with van der Waals surface area (Å²) in [4.78, 5) is 14.0. The molecule has 0 aromatic heterocycles. The van der Waals surface area contributed by atoms with Crippen LogP contribution in [0.4, 0.5) is 10.5 Å². The predicted octanol–water partition coefficient (Wildman–Crippen LogP) is 4.03. The molecule has 2 aliphatic rings. The molecule has 1 N–H and O–H groups in total. The fraction of sp³-hybridized carbons (Fsp3) is 0.533. The number of rotatable bonds is 4. The van der Waals surface area contributed by atoms with Crippen molar-refractivity contribution in [2.75, 3.05) is 25.0 Å². The second-order valence-corrected chi connectivity index (χ2v) is 6.51. The summed E-state index contributed by atoms with van der Waals surface area (Å²) in [7, 11) is 0. The van der Waals surface area contributed by atoms with Crippen LogP contribution >= 0.6 is 23.2 Å². The molecule has 0 bridgehead atoms. The number of benzene rings is 1. The normalized spacial score (nSPS) is 21.6. The fourth-order valence-corrected chi connectivity index (χ4v) is 2.68. The molecule has 1 aromatic carbocycles. The molecule has 1 aliphatic heterocycles. The van der Waals surface area contributed by atoms with Crippen LogP contribution in [0.3, 0.4) is 0 Å². The van der Waals surface area contributed by atoms with Crippen LogP contribution in [-0.4, -0.2) is 36.7 Å². The second kappa shape index (κ2) is 6.42. The highest BCUT2D eigenvalue weighted by molar-refractivity contribution is 6.42. The standard InChI is InChI=1S/C15H18Cl2N2O2/c16-13-4-3-11(7-14(13)17)18-15(20)19-6-5-12(8-19)21-9-10-1-2-10/h3-4,7,10,12H,1-2,5-6,8-9H2,(H,18,20). The number of amides is 2. The van der Waals surface area contributed by atoms with Gasteiger partial charge in [0.2, 0.25) is 0 Å². The number of likely N-dealkylation sites (tertiary alicyclic amines) is 1. The summed E-state index contributed by atoms with van der Waals surface area (Å²) in [5, 5.41) is 3.75. The number of nitrogens with zero attached hydrogens (tertiary/aromatic N) is 1. The van der Waals surface area contributed by atoms with Crippen LogP contribution in [0.15, 0.2) is 18.2 Å².